The number of amides is 2. The summed E-state index contributed by atoms with van der Waals surface area (Å²) in [6, 6.07) is 18.5. The highest BCUT2D eigenvalue weighted by Crippen LogP contribution is 2.26. The summed E-state index contributed by atoms with van der Waals surface area (Å²) in [5.41, 5.74) is 0.616. The zero-order valence-electron chi connectivity index (χ0n) is 14.0. The Bertz CT molecular complexity index is 1020. The third-order valence-electron chi connectivity index (χ3n) is 4.49. The maximum absolute atomic E-state index is 12.5. The van der Waals surface area contributed by atoms with Gasteiger partial charge < -0.3 is 4.74 Å². The second kappa shape index (κ2) is 6.11. The van der Waals surface area contributed by atoms with E-state index in [4.69, 9.17) is 4.74 Å². The Hall–Kier alpha value is -3.47. The summed E-state index contributed by atoms with van der Waals surface area (Å²) < 4.78 is 5.41. The van der Waals surface area contributed by atoms with Gasteiger partial charge in [-0.15, -0.1) is 0 Å². The van der Waals surface area contributed by atoms with E-state index in [1.54, 1.807) is 36.4 Å². The molecular formula is C21H15NO4. The van der Waals surface area contributed by atoms with Gasteiger partial charge in [-0.2, -0.15) is 0 Å². The van der Waals surface area contributed by atoms with Crippen LogP contribution in [0.25, 0.3) is 10.8 Å². The van der Waals surface area contributed by atoms with Crippen molar-refractivity contribution in [3.8, 4) is 5.75 Å². The van der Waals surface area contributed by atoms with E-state index in [2.05, 4.69) is 0 Å². The Morgan fingerprint density at radius 3 is 2.08 bits per heavy atom. The fourth-order valence-corrected chi connectivity index (χ4v) is 3.10. The van der Waals surface area contributed by atoms with Crippen LogP contribution in [0.1, 0.15) is 27.6 Å². The van der Waals surface area contributed by atoms with Gasteiger partial charge >= 0.3 is 5.97 Å². The first kappa shape index (κ1) is 16.0. The second-order valence-electron chi connectivity index (χ2n) is 6.13. The summed E-state index contributed by atoms with van der Waals surface area (Å²) in [6.07, 6.45) is 0. The zero-order valence-corrected chi connectivity index (χ0v) is 14.0. The van der Waals surface area contributed by atoms with Crippen molar-refractivity contribution in [1.29, 1.82) is 0 Å². The molecule has 1 aliphatic rings. The van der Waals surface area contributed by atoms with E-state index < -0.39 is 23.8 Å². The molecule has 0 spiro atoms. The molecule has 128 valence electrons. The molecule has 0 saturated heterocycles. The molecule has 0 aliphatic carbocycles. The average Bonchev–Trinajstić information content (AvgIpc) is 2.92. The predicted octanol–water partition coefficient (Wildman–Crippen LogP) is 3.43. The van der Waals surface area contributed by atoms with Crippen molar-refractivity contribution in [2.45, 2.75) is 13.0 Å². The van der Waals surface area contributed by atoms with E-state index in [1.165, 1.54) is 6.92 Å². The molecule has 3 aromatic carbocycles. The van der Waals surface area contributed by atoms with Crippen molar-refractivity contribution in [1.82, 2.24) is 4.90 Å². The predicted molar refractivity (Wildman–Crippen MR) is 96.0 cm³/mol. The molecule has 0 saturated carbocycles. The van der Waals surface area contributed by atoms with Gasteiger partial charge in [0.1, 0.15) is 11.8 Å². The fourth-order valence-electron chi connectivity index (χ4n) is 3.10. The number of nitrogens with zero attached hydrogens (tertiary/aromatic N) is 1. The van der Waals surface area contributed by atoms with Crippen molar-refractivity contribution >= 4 is 28.6 Å². The summed E-state index contributed by atoms with van der Waals surface area (Å²) in [5, 5.41) is 1.96. The minimum atomic E-state index is -1.02. The summed E-state index contributed by atoms with van der Waals surface area (Å²) >= 11 is 0. The summed E-state index contributed by atoms with van der Waals surface area (Å²) in [6.45, 7) is 1.49. The van der Waals surface area contributed by atoms with Crippen LogP contribution in [0.2, 0.25) is 0 Å². The van der Waals surface area contributed by atoms with Gasteiger partial charge in [0.2, 0.25) is 0 Å². The number of carbonyl (C=O) groups excluding carboxylic acids is 3. The Labute approximate surface area is 149 Å². The Morgan fingerprint density at radius 2 is 1.42 bits per heavy atom. The number of hydrogen-bond donors (Lipinski definition) is 0. The van der Waals surface area contributed by atoms with Crippen LogP contribution in [0.4, 0.5) is 0 Å². The van der Waals surface area contributed by atoms with Crippen LogP contribution in [-0.2, 0) is 4.79 Å². The maximum atomic E-state index is 12.5. The number of ether oxygens (including phenoxy) is 1. The van der Waals surface area contributed by atoms with Crippen molar-refractivity contribution in [3.63, 3.8) is 0 Å². The number of hydrogen-bond acceptors (Lipinski definition) is 4. The molecule has 2 amide bonds. The molecule has 0 unspecified atom stereocenters. The third-order valence-corrected chi connectivity index (χ3v) is 4.49. The summed E-state index contributed by atoms with van der Waals surface area (Å²) in [4.78, 5) is 38.4. The Kier molecular flexibility index (Phi) is 3.77. The third kappa shape index (κ3) is 2.54. The smallest absolute Gasteiger partial charge is 0.334 e. The first-order valence-corrected chi connectivity index (χ1v) is 8.23. The first-order chi connectivity index (χ1) is 12.6. The van der Waals surface area contributed by atoms with Gasteiger partial charge in [0.15, 0.2) is 0 Å². The van der Waals surface area contributed by atoms with E-state index >= 15 is 0 Å². The van der Waals surface area contributed by atoms with Crippen LogP contribution in [0, 0.1) is 0 Å². The standard InChI is InChI=1S/C21H15NO4/c1-13(22-19(23)17-8-4-5-9-18(17)20(22)24)21(25)26-16-11-10-14-6-2-3-7-15(14)12-16/h2-13H,1H3/t13-/m1/s1. The molecular weight excluding hydrogens is 330 g/mol. The van der Waals surface area contributed by atoms with Crippen molar-refractivity contribution in [3.05, 3.63) is 77.9 Å². The monoisotopic (exact) mass is 345 g/mol. The van der Waals surface area contributed by atoms with E-state index in [0.29, 0.717) is 16.9 Å². The molecule has 0 N–H and O–H groups in total. The van der Waals surface area contributed by atoms with E-state index in [9.17, 15) is 14.4 Å². The SMILES string of the molecule is C[C@H](C(=O)Oc1ccc2ccccc2c1)N1C(=O)c2ccccc2C1=O. The van der Waals surface area contributed by atoms with E-state index in [-0.39, 0.29) is 0 Å². The molecule has 1 aliphatic heterocycles. The number of imide groups is 1. The Balaban J connectivity index is 1.56. The normalized spacial score (nSPS) is 14.4. The van der Waals surface area contributed by atoms with Gasteiger partial charge in [-0.05, 0) is 42.0 Å². The van der Waals surface area contributed by atoms with Crippen LogP contribution >= 0.6 is 0 Å². The fraction of sp³-hybridized carbons (Fsp3) is 0.0952. The van der Waals surface area contributed by atoms with Crippen LogP contribution < -0.4 is 4.74 Å². The molecule has 3 aromatic rings. The first-order valence-electron chi connectivity index (χ1n) is 8.23. The van der Waals surface area contributed by atoms with Crippen molar-refractivity contribution in [2.24, 2.45) is 0 Å². The minimum absolute atomic E-state index is 0.308. The van der Waals surface area contributed by atoms with Gasteiger partial charge in [-0.1, -0.05) is 42.5 Å². The lowest BCUT2D eigenvalue weighted by Crippen LogP contribution is -2.44. The number of benzene rings is 3. The Morgan fingerprint density at radius 1 is 0.846 bits per heavy atom. The number of carbonyl (C=O) groups is 3. The molecule has 0 radical (unpaired) electrons. The summed E-state index contributed by atoms with van der Waals surface area (Å²) in [5.74, 6) is -1.24. The molecule has 4 rings (SSSR count). The average molecular weight is 345 g/mol. The zero-order chi connectivity index (χ0) is 18.3. The largest absolute Gasteiger partial charge is 0.425 e. The van der Waals surface area contributed by atoms with Gasteiger partial charge in [0, 0.05) is 0 Å². The van der Waals surface area contributed by atoms with Crippen molar-refractivity contribution < 1.29 is 19.1 Å². The molecule has 0 aromatic heterocycles. The number of fused-ring (bicyclic) bond motifs is 2. The lowest BCUT2D eigenvalue weighted by atomic mass is 10.1. The number of rotatable bonds is 3. The van der Waals surface area contributed by atoms with Crippen molar-refractivity contribution in [2.75, 3.05) is 0 Å². The van der Waals surface area contributed by atoms with Gasteiger partial charge in [-0.3, -0.25) is 14.5 Å². The van der Waals surface area contributed by atoms with Gasteiger partial charge in [-0.25, -0.2) is 4.79 Å². The molecule has 26 heavy (non-hydrogen) atoms. The lowest BCUT2D eigenvalue weighted by molar-refractivity contribution is -0.138. The maximum Gasteiger partial charge on any atom is 0.334 e. The molecule has 1 heterocycles. The molecule has 0 bridgehead atoms. The second-order valence-corrected chi connectivity index (χ2v) is 6.13. The highest BCUT2D eigenvalue weighted by molar-refractivity contribution is 6.22. The van der Waals surface area contributed by atoms with E-state index in [0.717, 1.165) is 15.7 Å². The highest BCUT2D eigenvalue weighted by atomic mass is 16.5. The molecule has 5 heteroatoms. The van der Waals surface area contributed by atoms with Crippen LogP contribution in [-0.4, -0.2) is 28.7 Å². The quantitative estimate of drug-likeness (QED) is 0.414. The highest BCUT2D eigenvalue weighted by Gasteiger charge is 2.41. The van der Waals surface area contributed by atoms with Gasteiger partial charge in [0.05, 0.1) is 11.1 Å². The summed E-state index contributed by atoms with van der Waals surface area (Å²) in [7, 11) is 0. The molecule has 0 fully saturated rings. The van der Waals surface area contributed by atoms with E-state index in [1.807, 2.05) is 30.3 Å². The minimum Gasteiger partial charge on any atom is -0.425 e. The van der Waals surface area contributed by atoms with Gasteiger partial charge in [0.25, 0.3) is 11.8 Å². The van der Waals surface area contributed by atoms with Crippen LogP contribution in [0.3, 0.4) is 0 Å². The number of esters is 1. The van der Waals surface area contributed by atoms with Crippen LogP contribution in [0.5, 0.6) is 5.75 Å². The lowest BCUT2D eigenvalue weighted by Gasteiger charge is -2.20. The van der Waals surface area contributed by atoms with Crippen LogP contribution in [0.15, 0.2) is 66.7 Å². The molecule has 5 nitrogen and oxygen atoms in total. The topological polar surface area (TPSA) is 63.7 Å². The molecule has 1 atom stereocenters.